The van der Waals surface area contributed by atoms with Crippen LogP contribution in [0.2, 0.25) is 15.1 Å². The highest BCUT2D eigenvalue weighted by Gasteiger charge is 2.05. The largest absolute Gasteiger partial charge is 0.399 e. The van der Waals surface area contributed by atoms with Crippen molar-refractivity contribution in [1.82, 2.24) is 0 Å². The summed E-state index contributed by atoms with van der Waals surface area (Å²) in [6.07, 6.45) is 1.45. The van der Waals surface area contributed by atoms with Gasteiger partial charge in [-0.05, 0) is 79.9 Å². The van der Waals surface area contributed by atoms with Crippen molar-refractivity contribution in [3.05, 3.63) is 96.5 Å². The van der Waals surface area contributed by atoms with E-state index in [1.165, 1.54) is 18.2 Å². The lowest BCUT2D eigenvalue weighted by Crippen LogP contribution is -1.87. The number of benzene rings is 3. The Bertz CT molecular complexity index is 974. The van der Waals surface area contributed by atoms with Gasteiger partial charge in [0.05, 0.1) is 10.6 Å². The first-order chi connectivity index (χ1) is 14.5. The van der Waals surface area contributed by atoms with Crippen LogP contribution in [-0.2, 0) is 4.79 Å². The van der Waals surface area contributed by atoms with Gasteiger partial charge in [0.2, 0.25) is 6.08 Å². The Morgan fingerprint density at radius 1 is 0.806 bits per heavy atom. The number of carbonyl (C=O) groups excluding carboxylic acids is 1. The number of anilines is 1. The lowest BCUT2D eigenvalue weighted by molar-refractivity contribution is -0.384. The highest BCUT2D eigenvalue weighted by Crippen LogP contribution is 2.21. The van der Waals surface area contributed by atoms with Crippen molar-refractivity contribution in [2.75, 3.05) is 5.73 Å². The van der Waals surface area contributed by atoms with Gasteiger partial charge in [-0.2, -0.15) is 4.99 Å². The number of nitro groups is 1. The smallest absolute Gasteiger partial charge is 0.271 e. The average Bonchev–Trinajstić information content (AvgIpc) is 2.60. The Labute approximate surface area is 195 Å². The third-order valence-electron chi connectivity index (χ3n) is 3.50. The van der Waals surface area contributed by atoms with E-state index >= 15 is 0 Å². The van der Waals surface area contributed by atoms with E-state index in [1.54, 1.807) is 37.3 Å². The molecule has 0 amide bonds. The third-order valence-corrected chi connectivity index (χ3v) is 4.16. The van der Waals surface area contributed by atoms with Gasteiger partial charge in [-0.15, -0.1) is 0 Å². The molecule has 0 aliphatic carbocycles. The summed E-state index contributed by atoms with van der Waals surface area (Å²) in [6, 6.07) is 15.1. The van der Waals surface area contributed by atoms with Crippen LogP contribution in [0.15, 0.2) is 59.6 Å². The number of hydrogen-bond acceptors (Lipinski definition) is 5. The van der Waals surface area contributed by atoms with Crippen molar-refractivity contribution >= 4 is 57.9 Å². The molecule has 0 aromatic heterocycles. The summed E-state index contributed by atoms with van der Waals surface area (Å²) in [5.41, 5.74) is 9.65. The van der Waals surface area contributed by atoms with Crippen LogP contribution in [0.25, 0.3) is 0 Å². The predicted molar refractivity (Wildman–Crippen MR) is 127 cm³/mol. The molecule has 9 heteroatoms. The Hall–Kier alpha value is -2.89. The number of hydrogen-bond donors (Lipinski definition) is 1. The number of nitrogens with two attached hydrogens (primary N) is 1. The molecule has 0 radical (unpaired) electrons. The van der Waals surface area contributed by atoms with Gasteiger partial charge in [0, 0.05) is 32.9 Å². The molecule has 0 saturated heterocycles. The molecule has 0 aliphatic heterocycles. The van der Waals surface area contributed by atoms with Crippen LogP contribution in [0.4, 0.5) is 17.1 Å². The number of nitrogen functional groups attached to an aromatic ring is 1. The fourth-order valence-corrected chi connectivity index (χ4v) is 3.29. The summed E-state index contributed by atoms with van der Waals surface area (Å²) in [5.74, 6) is 0. The topological polar surface area (TPSA) is 98.6 Å². The number of aliphatic imine (C=N–C) groups is 1. The summed E-state index contributed by atoms with van der Waals surface area (Å²) in [5, 5.41) is 11.9. The third kappa shape index (κ3) is 10.6. The molecule has 162 valence electrons. The first-order valence-electron chi connectivity index (χ1n) is 8.79. The second kappa shape index (κ2) is 12.7. The van der Waals surface area contributed by atoms with Crippen LogP contribution in [0.3, 0.4) is 0 Å². The fourth-order valence-electron chi connectivity index (χ4n) is 2.42. The first-order valence-corrected chi connectivity index (χ1v) is 9.93. The molecule has 0 spiro atoms. The summed E-state index contributed by atoms with van der Waals surface area (Å²) in [6.45, 7) is 5.61. The van der Waals surface area contributed by atoms with Crippen molar-refractivity contribution in [2.24, 2.45) is 4.99 Å². The van der Waals surface area contributed by atoms with E-state index in [1.807, 2.05) is 26.0 Å². The van der Waals surface area contributed by atoms with Gasteiger partial charge in [0.1, 0.15) is 0 Å². The molecule has 31 heavy (non-hydrogen) atoms. The van der Waals surface area contributed by atoms with Crippen molar-refractivity contribution < 1.29 is 9.72 Å². The van der Waals surface area contributed by atoms with Gasteiger partial charge < -0.3 is 5.73 Å². The maximum absolute atomic E-state index is 10.3. The number of isocyanates is 1. The van der Waals surface area contributed by atoms with Crippen molar-refractivity contribution in [2.45, 2.75) is 20.8 Å². The minimum Gasteiger partial charge on any atom is -0.399 e. The van der Waals surface area contributed by atoms with E-state index in [4.69, 9.17) is 40.5 Å². The van der Waals surface area contributed by atoms with Gasteiger partial charge in [-0.3, -0.25) is 10.1 Å². The van der Waals surface area contributed by atoms with Crippen LogP contribution < -0.4 is 5.73 Å². The summed E-state index contributed by atoms with van der Waals surface area (Å²) < 4.78 is 0. The molecule has 0 fully saturated rings. The molecule has 0 aliphatic rings. The molecule has 3 rings (SSSR count). The van der Waals surface area contributed by atoms with E-state index in [0.717, 1.165) is 22.4 Å². The molecule has 3 aromatic rings. The summed E-state index contributed by atoms with van der Waals surface area (Å²) in [4.78, 5) is 23.1. The van der Waals surface area contributed by atoms with Gasteiger partial charge in [0.15, 0.2) is 0 Å². The van der Waals surface area contributed by atoms with Crippen molar-refractivity contribution in [1.29, 1.82) is 0 Å². The Balaban J connectivity index is 0.000000234. The minimum absolute atomic E-state index is 0.0370. The lowest BCUT2D eigenvalue weighted by atomic mass is 10.2. The quantitative estimate of drug-likeness (QED) is 0.136. The van der Waals surface area contributed by atoms with Crippen molar-refractivity contribution in [3.63, 3.8) is 0 Å². The number of nitro benzene ring substituents is 1. The Morgan fingerprint density at radius 3 is 1.71 bits per heavy atom. The molecular formula is C22H20Cl3N3O3. The number of nitrogens with zero attached hydrogens (tertiary/aromatic N) is 2. The highest BCUT2D eigenvalue weighted by atomic mass is 35.5. The molecule has 3 aromatic carbocycles. The molecule has 0 saturated carbocycles. The van der Waals surface area contributed by atoms with Crippen LogP contribution in [0.1, 0.15) is 16.7 Å². The highest BCUT2D eigenvalue weighted by molar-refractivity contribution is 6.31. The number of aryl methyl sites for hydroxylation is 3. The van der Waals surface area contributed by atoms with E-state index in [0.29, 0.717) is 20.8 Å². The normalized spacial score (nSPS) is 9.35. The standard InChI is InChI=1S/C8H6ClNO.C7H6ClNO2.C7H8ClN/c1-6-2-7(9)4-8(3-6)10-5-11;1-5-2-6(8)4-7(3-5)9(10)11;1-5-2-6(8)4-7(9)3-5/h2*2-4H,1H3;2-4H,9H2,1H3. The molecule has 0 bridgehead atoms. The Kier molecular flexibility index (Phi) is 10.7. The van der Waals surface area contributed by atoms with Gasteiger partial charge in [0.25, 0.3) is 5.69 Å². The number of rotatable bonds is 2. The fraction of sp³-hybridized carbons (Fsp3) is 0.136. The van der Waals surface area contributed by atoms with E-state index in [2.05, 4.69) is 4.99 Å². The number of halogens is 3. The summed E-state index contributed by atoms with van der Waals surface area (Å²) >= 11 is 17.0. The predicted octanol–water partition coefficient (Wildman–Crippen LogP) is 7.40. The summed E-state index contributed by atoms with van der Waals surface area (Å²) in [7, 11) is 0. The SMILES string of the molecule is Cc1cc(Cl)cc(N=C=O)c1.Cc1cc(Cl)cc([N+](=O)[O-])c1.Cc1cc(N)cc(Cl)c1. The van der Waals surface area contributed by atoms with E-state index < -0.39 is 4.92 Å². The second-order valence-corrected chi connectivity index (χ2v) is 7.80. The maximum Gasteiger partial charge on any atom is 0.271 e. The second-order valence-electron chi connectivity index (χ2n) is 6.50. The molecular weight excluding hydrogens is 461 g/mol. The molecule has 6 nitrogen and oxygen atoms in total. The van der Waals surface area contributed by atoms with Gasteiger partial charge in [-0.1, -0.05) is 34.8 Å². The van der Waals surface area contributed by atoms with Crippen LogP contribution in [0.5, 0.6) is 0 Å². The minimum atomic E-state index is -0.459. The monoisotopic (exact) mass is 479 g/mol. The van der Waals surface area contributed by atoms with Crippen LogP contribution in [-0.4, -0.2) is 11.0 Å². The molecule has 2 N–H and O–H groups in total. The zero-order valence-corrected chi connectivity index (χ0v) is 19.3. The zero-order valence-electron chi connectivity index (χ0n) is 17.0. The van der Waals surface area contributed by atoms with E-state index in [9.17, 15) is 14.9 Å². The molecule has 0 atom stereocenters. The zero-order chi connectivity index (χ0) is 23.6. The lowest BCUT2D eigenvalue weighted by Gasteiger charge is -1.95. The van der Waals surface area contributed by atoms with Crippen molar-refractivity contribution in [3.8, 4) is 0 Å². The van der Waals surface area contributed by atoms with Gasteiger partial charge >= 0.3 is 0 Å². The van der Waals surface area contributed by atoms with Gasteiger partial charge in [-0.25, -0.2) is 4.79 Å². The number of non-ortho nitro benzene ring substituents is 1. The van der Waals surface area contributed by atoms with E-state index in [-0.39, 0.29) is 5.69 Å². The van der Waals surface area contributed by atoms with Crippen LogP contribution in [0, 0.1) is 30.9 Å². The first kappa shape index (κ1) is 26.1. The molecule has 0 unspecified atom stereocenters. The average molecular weight is 481 g/mol. The Morgan fingerprint density at radius 2 is 1.29 bits per heavy atom. The van der Waals surface area contributed by atoms with Crippen LogP contribution >= 0.6 is 34.8 Å². The molecule has 0 heterocycles. The maximum atomic E-state index is 10.3.